The summed E-state index contributed by atoms with van der Waals surface area (Å²) in [4.78, 5) is 4.08. The molecule has 4 N–H and O–H groups in total. The summed E-state index contributed by atoms with van der Waals surface area (Å²) in [6.07, 6.45) is 3.98. The topological polar surface area (TPSA) is 80.4 Å². The predicted octanol–water partition coefficient (Wildman–Crippen LogP) is 1.77. The lowest BCUT2D eigenvalue weighted by Crippen LogP contribution is -2.43. The van der Waals surface area contributed by atoms with Crippen molar-refractivity contribution in [1.29, 1.82) is 0 Å². The molecule has 1 aliphatic heterocycles. The highest BCUT2D eigenvalue weighted by molar-refractivity contribution is 5.98. The van der Waals surface area contributed by atoms with Crippen molar-refractivity contribution in [3.05, 3.63) is 30.6 Å². The smallest absolute Gasteiger partial charge is 0.110 e. The maximum atomic E-state index is 10.5. The number of aliphatic hydroxyl groups is 1. The van der Waals surface area contributed by atoms with Gasteiger partial charge in [-0.05, 0) is 19.1 Å². The fourth-order valence-electron chi connectivity index (χ4n) is 2.60. The van der Waals surface area contributed by atoms with Crippen molar-refractivity contribution in [2.45, 2.75) is 25.0 Å². The Morgan fingerprint density at radius 1 is 1.50 bits per heavy atom. The number of fused-ring (bicyclic) bond motifs is 1. The number of ether oxygens (including phenoxy) is 1. The Morgan fingerprint density at radius 3 is 3.10 bits per heavy atom. The molecule has 1 aromatic carbocycles. The molecule has 0 saturated carbocycles. The van der Waals surface area contributed by atoms with Gasteiger partial charge in [0, 0.05) is 42.7 Å². The molecular formula is C15H19N3O2. The predicted molar refractivity (Wildman–Crippen MR) is 79.6 cm³/mol. The largest absolute Gasteiger partial charge is 0.397 e. The number of aromatic nitrogens is 1. The van der Waals surface area contributed by atoms with Crippen molar-refractivity contribution in [3.8, 4) is 0 Å². The number of nitrogens with zero attached hydrogens (tertiary/aromatic N) is 1. The van der Waals surface area contributed by atoms with E-state index in [1.807, 2.05) is 25.1 Å². The Labute approximate surface area is 117 Å². The molecule has 2 aromatic rings. The summed E-state index contributed by atoms with van der Waals surface area (Å²) >= 11 is 0. The molecule has 106 valence electrons. The van der Waals surface area contributed by atoms with E-state index in [2.05, 4.69) is 10.3 Å². The molecule has 1 aliphatic rings. The van der Waals surface area contributed by atoms with Crippen molar-refractivity contribution in [1.82, 2.24) is 4.98 Å². The number of rotatable bonds is 3. The van der Waals surface area contributed by atoms with Gasteiger partial charge in [0.05, 0.1) is 17.5 Å². The van der Waals surface area contributed by atoms with E-state index in [-0.39, 0.29) is 6.10 Å². The zero-order valence-corrected chi connectivity index (χ0v) is 11.5. The summed E-state index contributed by atoms with van der Waals surface area (Å²) < 4.78 is 5.43. The minimum atomic E-state index is -0.834. The number of benzene rings is 1. The number of nitrogens with one attached hydrogen (secondary N) is 1. The van der Waals surface area contributed by atoms with Crippen LogP contribution in [0.5, 0.6) is 0 Å². The first-order valence-corrected chi connectivity index (χ1v) is 6.80. The molecule has 0 bridgehead atoms. The average Bonchev–Trinajstić information content (AvgIpc) is 2.79. The van der Waals surface area contributed by atoms with Crippen LogP contribution >= 0.6 is 0 Å². The first kappa shape index (κ1) is 13.1. The van der Waals surface area contributed by atoms with Gasteiger partial charge in [0.25, 0.3) is 0 Å². The zero-order chi connectivity index (χ0) is 14.2. The quantitative estimate of drug-likeness (QED) is 0.743. The Hall–Kier alpha value is -1.85. The third-order valence-electron chi connectivity index (χ3n) is 4.11. The molecule has 0 aliphatic carbocycles. The summed E-state index contributed by atoms with van der Waals surface area (Å²) in [5.74, 6) is 0. The van der Waals surface area contributed by atoms with Gasteiger partial charge >= 0.3 is 0 Å². The van der Waals surface area contributed by atoms with E-state index in [0.29, 0.717) is 25.3 Å². The van der Waals surface area contributed by atoms with Gasteiger partial charge in [-0.25, -0.2) is 0 Å². The van der Waals surface area contributed by atoms with Crippen LogP contribution in [0.15, 0.2) is 30.6 Å². The monoisotopic (exact) mass is 273 g/mol. The van der Waals surface area contributed by atoms with Gasteiger partial charge in [-0.15, -0.1) is 0 Å². The van der Waals surface area contributed by atoms with Crippen LogP contribution in [-0.2, 0) is 4.74 Å². The molecule has 2 atom stereocenters. The van der Waals surface area contributed by atoms with Gasteiger partial charge in [0.1, 0.15) is 5.60 Å². The second-order valence-corrected chi connectivity index (χ2v) is 5.34. The normalized spacial score (nSPS) is 26.0. The van der Waals surface area contributed by atoms with Crippen molar-refractivity contribution in [3.63, 3.8) is 0 Å². The van der Waals surface area contributed by atoms with E-state index in [1.54, 1.807) is 12.4 Å². The van der Waals surface area contributed by atoms with Crippen LogP contribution in [0.4, 0.5) is 11.4 Å². The Balaban J connectivity index is 1.83. The summed E-state index contributed by atoms with van der Waals surface area (Å²) in [6, 6.07) is 5.79. The van der Waals surface area contributed by atoms with Crippen LogP contribution in [0.25, 0.3) is 10.8 Å². The minimum Gasteiger partial charge on any atom is -0.397 e. The van der Waals surface area contributed by atoms with Gasteiger partial charge in [-0.3, -0.25) is 4.98 Å². The number of anilines is 2. The van der Waals surface area contributed by atoms with Crippen molar-refractivity contribution in [2.75, 3.05) is 24.2 Å². The third kappa shape index (κ3) is 2.19. The van der Waals surface area contributed by atoms with E-state index in [9.17, 15) is 5.11 Å². The van der Waals surface area contributed by atoms with Crippen LogP contribution in [0.2, 0.25) is 0 Å². The van der Waals surface area contributed by atoms with Gasteiger partial charge < -0.3 is 20.9 Å². The maximum Gasteiger partial charge on any atom is 0.110 e. The molecule has 20 heavy (non-hydrogen) atoms. The number of hydrogen-bond acceptors (Lipinski definition) is 5. The average molecular weight is 273 g/mol. The molecule has 1 saturated heterocycles. The van der Waals surface area contributed by atoms with Gasteiger partial charge in [-0.2, -0.15) is 0 Å². The highest BCUT2D eigenvalue weighted by Gasteiger charge is 2.39. The number of hydrogen-bond donors (Lipinski definition) is 3. The maximum absolute atomic E-state index is 10.5. The second kappa shape index (κ2) is 4.92. The van der Waals surface area contributed by atoms with Crippen LogP contribution in [0.1, 0.15) is 13.3 Å². The Kier molecular flexibility index (Phi) is 3.23. The first-order valence-electron chi connectivity index (χ1n) is 6.80. The Bertz CT molecular complexity index is 632. The highest BCUT2D eigenvalue weighted by atomic mass is 16.5. The summed E-state index contributed by atoms with van der Waals surface area (Å²) in [6.45, 7) is 2.91. The van der Waals surface area contributed by atoms with Crippen LogP contribution in [0, 0.1) is 0 Å². The molecule has 5 heteroatoms. The number of nitrogen functional groups attached to an aromatic ring is 1. The lowest BCUT2D eigenvalue weighted by Gasteiger charge is -2.27. The highest BCUT2D eigenvalue weighted by Crippen LogP contribution is 2.30. The lowest BCUT2D eigenvalue weighted by atomic mass is 9.96. The molecule has 2 unspecified atom stereocenters. The van der Waals surface area contributed by atoms with Crippen molar-refractivity contribution >= 4 is 22.1 Å². The van der Waals surface area contributed by atoms with E-state index < -0.39 is 5.60 Å². The molecule has 1 fully saturated rings. The van der Waals surface area contributed by atoms with E-state index in [1.165, 1.54) is 0 Å². The number of pyridine rings is 1. The van der Waals surface area contributed by atoms with Crippen LogP contribution < -0.4 is 11.1 Å². The summed E-state index contributed by atoms with van der Waals surface area (Å²) in [7, 11) is 0. The molecule has 2 heterocycles. The summed E-state index contributed by atoms with van der Waals surface area (Å²) in [5.41, 5.74) is 6.86. The lowest BCUT2D eigenvalue weighted by molar-refractivity contribution is -0.0175. The summed E-state index contributed by atoms with van der Waals surface area (Å²) in [5, 5.41) is 15.7. The first-order chi connectivity index (χ1) is 9.60. The molecule has 0 amide bonds. The van der Waals surface area contributed by atoms with E-state index in [4.69, 9.17) is 10.5 Å². The van der Waals surface area contributed by atoms with Crippen LogP contribution in [-0.4, -0.2) is 34.9 Å². The van der Waals surface area contributed by atoms with E-state index >= 15 is 0 Å². The molecule has 3 rings (SSSR count). The fourth-order valence-corrected chi connectivity index (χ4v) is 2.60. The molecular weight excluding hydrogens is 254 g/mol. The van der Waals surface area contributed by atoms with E-state index in [0.717, 1.165) is 16.5 Å². The fraction of sp³-hybridized carbons (Fsp3) is 0.400. The molecule has 1 aromatic heterocycles. The SMILES string of the molecule is CC1OCCC1(O)CNc1ccc2cnccc2c1N. The van der Waals surface area contributed by atoms with Gasteiger partial charge in [0.2, 0.25) is 0 Å². The Morgan fingerprint density at radius 2 is 2.35 bits per heavy atom. The number of nitrogens with two attached hydrogens (primary N) is 1. The standard InChI is InChI=1S/C15H19N3O2/c1-10-15(19,5-7-20-10)9-18-13-3-2-11-8-17-6-4-12(11)14(13)16/h2-4,6,8,10,18-19H,5,7,9,16H2,1H3. The minimum absolute atomic E-state index is 0.166. The molecule has 0 radical (unpaired) electrons. The molecule has 5 nitrogen and oxygen atoms in total. The second-order valence-electron chi connectivity index (χ2n) is 5.34. The van der Waals surface area contributed by atoms with Gasteiger partial charge in [0.15, 0.2) is 0 Å². The van der Waals surface area contributed by atoms with Crippen molar-refractivity contribution in [2.24, 2.45) is 0 Å². The molecule has 0 spiro atoms. The third-order valence-corrected chi connectivity index (χ3v) is 4.11. The van der Waals surface area contributed by atoms with Crippen molar-refractivity contribution < 1.29 is 9.84 Å². The zero-order valence-electron chi connectivity index (χ0n) is 11.5. The van der Waals surface area contributed by atoms with Crippen LogP contribution in [0.3, 0.4) is 0 Å². The van der Waals surface area contributed by atoms with Gasteiger partial charge in [-0.1, -0.05) is 6.07 Å².